The minimum Gasteiger partial charge on any atom is -0.481 e. The maximum absolute atomic E-state index is 13.7. The number of carbonyl (C=O) groups excluding carboxylic acids is 2. The Morgan fingerprint density at radius 2 is 1.49 bits per heavy atom. The summed E-state index contributed by atoms with van der Waals surface area (Å²) in [5, 5.41) is 18.4. The number of nitrogens with zero attached hydrogens (tertiary/aromatic N) is 1. The fraction of sp³-hybridized carbons (Fsp3) is 0.500. The number of halogens is 1. The highest BCUT2D eigenvalue weighted by atomic mass is 79.9. The van der Waals surface area contributed by atoms with E-state index in [9.17, 15) is 24.3 Å². The maximum Gasteiger partial charge on any atom is 0.341 e. The van der Waals surface area contributed by atoms with Gasteiger partial charge in [0.15, 0.2) is 18.2 Å². The van der Waals surface area contributed by atoms with Crippen molar-refractivity contribution in [3.8, 4) is 5.75 Å². The van der Waals surface area contributed by atoms with Gasteiger partial charge in [-0.05, 0) is 57.3 Å². The Balaban J connectivity index is 1.91. The lowest BCUT2D eigenvalue weighted by atomic mass is 9.63. The first-order valence-corrected chi connectivity index (χ1v) is 13.1. The van der Waals surface area contributed by atoms with Crippen molar-refractivity contribution in [1.82, 2.24) is 4.90 Å². The van der Waals surface area contributed by atoms with Crippen LogP contribution in [0.4, 0.5) is 0 Å². The van der Waals surface area contributed by atoms with Crippen LogP contribution in [-0.4, -0.2) is 51.8 Å². The van der Waals surface area contributed by atoms with Gasteiger partial charge < -0.3 is 19.8 Å². The number of carboxylic acid groups (broad SMARTS) is 2. The molecule has 0 atom stereocenters. The summed E-state index contributed by atoms with van der Waals surface area (Å²) in [6.45, 7) is 7.83. The highest BCUT2D eigenvalue weighted by Crippen LogP contribution is 2.54. The molecule has 2 aliphatic carbocycles. The second kappa shape index (κ2) is 9.74. The van der Waals surface area contributed by atoms with E-state index in [4.69, 9.17) is 9.84 Å². The molecule has 0 aromatic heterocycles. The standard InChI is InChI=1S/C28H32BrNO7/c1-27(2)10-17-25(19(31)12-27)24(15-5-6-21(16(29)9-15)37-14-23(35)36)26-18(30(17)8-7-22(33)34)11-28(3,4)13-20(26)32/h5-6,9,24H,7-8,10-14H2,1-4H3,(H,33,34)(H,35,36). The summed E-state index contributed by atoms with van der Waals surface area (Å²) in [7, 11) is 0. The molecule has 1 heterocycles. The number of Topliss-reactive ketones (excluding diaryl/α,β-unsaturated/α-hetero) is 2. The van der Waals surface area contributed by atoms with E-state index in [1.54, 1.807) is 18.2 Å². The van der Waals surface area contributed by atoms with E-state index in [1.165, 1.54) is 0 Å². The Morgan fingerprint density at radius 1 is 0.946 bits per heavy atom. The Labute approximate surface area is 224 Å². The molecule has 1 aliphatic heterocycles. The first-order chi connectivity index (χ1) is 17.2. The molecule has 9 heteroatoms. The fourth-order valence-corrected chi connectivity index (χ4v) is 6.32. The van der Waals surface area contributed by atoms with E-state index >= 15 is 0 Å². The van der Waals surface area contributed by atoms with Gasteiger partial charge in [-0.25, -0.2) is 4.79 Å². The molecule has 2 N–H and O–H groups in total. The number of hydrogen-bond donors (Lipinski definition) is 2. The van der Waals surface area contributed by atoms with Crippen LogP contribution in [0.15, 0.2) is 45.2 Å². The van der Waals surface area contributed by atoms with Gasteiger partial charge >= 0.3 is 11.9 Å². The summed E-state index contributed by atoms with van der Waals surface area (Å²) in [5.41, 5.74) is 2.85. The molecule has 4 rings (SSSR count). The second-order valence-electron chi connectivity index (χ2n) is 11.7. The molecule has 3 aliphatic rings. The van der Waals surface area contributed by atoms with Crippen molar-refractivity contribution in [3.05, 3.63) is 50.8 Å². The number of benzene rings is 1. The van der Waals surface area contributed by atoms with Gasteiger partial charge in [-0.15, -0.1) is 0 Å². The summed E-state index contributed by atoms with van der Waals surface area (Å²) in [5.74, 6) is -2.34. The SMILES string of the molecule is CC1(C)CC(=O)C2=C(C1)N(CCC(=O)O)C1=C(C(=O)CC(C)(C)C1)C2c1ccc(OCC(=O)O)c(Br)c1. The Hall–Kier alpha value is -2.94. The van der Waals surface area contributed by atoms with E-state index < -0.39 is 24.5 Å². The summed E-state index contributed by atoms with van der Waals surface area (Å²) < 4.78 is 5.88. The number of aliphatic carboxylic acids is 2. The average Bonchev–Trinajstić information content (AvgIpc) is 2.74. The lowest BCUT2D eigenvalue weighted by molar-refractivity contribution is -0.139. The number of ether oxygens (including phenoxy) is 1. The third kappa shape index (κ3) is 5.51. The topological polar surface area (TPSA) is 121 Å². The van der Waals surface area contributed by atoms with Crippen LogP contribution in [0.1, 0.15) is 71.3 Å². The smallest absolute Gasteiger partial charge is 0.341 e. The molecule has 0 bridgehead atoms. The van der Waals surface area contributed by atoms with Gasteiger partial charge in [0.25, 0.3) is 0 Å². The average molecular weight is 574 g/mol. The molecule has 1 aromatic carbocycles. The van der Waals surface area contributed by atoms with Gasteiger partial charge in [0.2, 0.25) is 0 Å². The predicted octanol–water partition coefficient (Wildman–Crippen LogP) is 5.07. The van der Waals surface area contributed by atoms with Crippen molar-refractivity contribution >= 4 is 39.4 Å². The first kappa shape index (κ1) is 27.1. The lowest BCUT2D eigenvalue weighted by Crippen LogP contribution is -2.45. The van der Waals surface area contributed by atoms with E-state index in [-0.39, 0.29) is 35.4 Å². The molecule has 1 aromatic rings. The molecule has 0 unspecified atom stereocenters. The van der Waals surface area contributed by atoms with Crippen molar-refractivity contribution in [3.63, 3.8) is 0 Å². The van der Waals surface area contributed by atoms with Gasteiger partial charge in [-0.1, -0.05) is 33.8 Å². The van der Waals surface area contributed by atoms with Crippen LogP contribution in [0, 0.1) is 10.8 Å². The van der Waals surface area contributed by atoms with Crippen molar-refractivity contribution in [2.24, 2.45) is 10.8 Å². The van der Waals surface area contributed by atoms with Crippen LogP contribution in [0.2, 0.25) is 0 Å². The number of allylic oxidation sites excluding steroid dienone is 4. The van der Waals surface area contributed by atoms with Crippen LogP contribution in [0.3, 0.4) is 0 Å². The first-order valence-electron chi connectivity index (χ1n) is 12.3. The Kier molecular flexibility index (Phi) is 7.14. The molecular weight excluding hydrogens is 542 g/mol. The minimum absolute atomic E-state index is 0.0388. The van der Waals surface area contributed by atoms with Crippen molar-refractivity contribution in [2.75, 3.05) is 13.2 Å². The fourth-order valence-electron chi connectivity index (χ4n) is 5.81. The number of ketones is 2. The van der Waals surface area contributed by atoms with E-state index in [0.29, 0.717) is 47.1 Å². The van der Waals surface area contributed by atoms with Crippen LogP contribution in [0.5, 0.6) is 5.75 Å². The van der Waals surface area contributed by atoms with Crippen molar-refractivity contribution < 1.29 is 34.1 Å². The van der Waals surface area contributed by atoms with Gasteiger partial charge in [-0.2, -0.15) is 0 Å². The third-order valence-electron chi connectivity index (χ3n) is 7.21. The zero-order chi connectivity index (χ0) is 27.3. The van der Waals surface area contributed by atoms with E-state index in [2.05, 4.69) is 15.9 Å². The van der Waals surface area contributed by atoms with Crippen LogP contribution < -0.4 is 4.74 Å². The highest BCUT2D eigenvalue weighted by molar-refractivity contribution is 9.10. The van der Waals surface area contributed by atoms with Crippen LogP contribution in [-0.2, 0) is 19.2 Å². The van der Waals surface area contributed by atoms with Gasteiger partial charge in [0.1, 0.15) is 5.75 Å². The second-order valence-corrected chi connectivity index (χ2v) is 12.6. The quantitative estimate of drug-likeness (QED) is 0.463. The number of hydrogen-bond acceptors (Lipinski definition) is 6. The molecule has 0 amide bonds. The van der Waals surface area contributed by atoms with Gasteiger partial charge in [-0.3, -0.25) is 14.4 Å². The monoisotopic (exact) mass is 573 g/mol. The molecular formula is C28H32BrNO7. The molecule has 0 fully saturated rings. The highest BCUT2D eigenvalue weighted by Gasteiger charge is 2.49. The van der Waals surface area contributed by atoms with Crippen molar-refractivity contribution in [1.29, 1.82) is 0 Å². The molecule has 8 nitrogen and oxygen atoms in total. The number of carbonyl (C=O) groups is 4. The summed E-state index contributed by atoms with van der Waals surface area (Å²) in [6, 6.07) is 5.20. The maximum atomic E-state index is 13.7. The summed E-state index contributed by atoms with van der Waals surface area (Å²) in [6.07, 6.45) is 1.74. The minimum atomic E-state index is -1.10. The number of carboxylic acids is 2. The van der Waals surface area contributed by atoms with Gasteiger partial charge in [0.05, 0.1) is 10.9 Å². The molecule has 0 saturated carbocycles. The molecule has 0 radical (unpaired) electrons. The summed E-state index contributed by atoms with van der Waals surface area (Å²) in [4.78, 5) is 51.9. The number of rotatable bonds is 7. The molecule has 198 valence electrons. The largest absolute Gasteiger partial charge is 0.481 e. The third-order valence-corrected chi connectivity index (χ3v) is 7.83. The lowest BCUT2D eigenvalue weighted by Gasteiger charge is -2.49. The molecule has 0 saturated heterocycles. The summed E-state index contributed by atoms with van der Waals surface area (Å²) >= 11 is 3.46. The van der Waals surface area contributed by atoms with Crippen molar-refractivity contribution in [2.45, 2.75) is 65.7 Å². The molecule has 37 heavy (non-hydrogen) atoms. The zero-order valence-corrected chi connectivity index (χ0v) is 23.1. The molecule has 0 spiro atoms. The Morgan fingerprint density at radius 3 is 1.95 bits per heavy atom. The normalized spacial score (nSPS) is 21.1. The zero-order valence-electron chi connectivity index (χ0n) is 21.5. The Bertz CT molecular complexity index is 1200. The predicted molar refractivity (Wildman–Crippen MR) is 139 cm³/mol. The van der Waals surface area contributed by atoms with Crippen LogP contribution in [0.25, 0.3) is 0 Å². The van der Waals surface area contributed by atoms with Crippen LogP contribution >= 0.6 is 15.9 Å². The van der Waals surface area contributed by atoms with E-state index in [0.717, 1.165) is 17.0 Å². The van der Waals surface area contributed by atoms with Gasteiger partial charge in [0, 0.05) is 47.8 Å². The van der Waals surface area contributed by atoms with E-state index in [1.807, 2.05) is 32.6 Å².